The summed E-state index contributed by atoms with van der Waals surface area (Å²) in [6.45, 7) is 3.38. The number of sulfonamides is 1. The van der Waals surface area contributed by atoms with Crippen LogP contribution in [0, 0.1) is 0 Å². The molecule has 2 atom stereocenters. The Kier molecular flexibility index (Phi) is 3.24. The number of fused-ring (bicyclic) bond motifs is 1. The molecule has 0 radical (unpaired) electrons. The van der Waals surface area contributed by atoms with Crippen molar-refractivity contribution < 1.29 is 13.2 Å². The number of hydrogen-bond donors (Lipinski definition) is 2. The monoisotopic (exact) mass is 282 g/mol. The second kappa shape index (κ2) is 4.77. The molecule has 1 aromatic carbocycles. The Labute approximate surface area is 113 Å². The zero-order valence-electron chi connectivity index (χ0n) is 10.8. The van der Waals surface area contributed by atoms with Crippen molar-refractivity contribution in [3.63, 3.8) is 0 Å². The highest BCUT2D eigenvalue weighted by Gasteiger charge is 2.29. The highest BCUT2D eigenvalue weighted by atomic mass is 32.2. The van der Waals surface area contributed by atoms with E-state index in [2.05, 4.69) is 10.0 Å². The molecule has 0 aliphatic carbocycles. The molecule has 6 heteroatoms. The number of hydrogen-bond acceptors (Lipinski definition) is 4. The topological polar surface area (TPSA) is 67.4 Å². The van der Waals surface area contributed by atoms with Gasteiger partial charge < -0.3 is 10.1 Å². The van der Waals surface area contributed by atoms with E-state index in [0.717, 1.165) is 25.1 Å². The summed E-state index contributed by atoms with van der Waals surface area (Å²) in [5.74, 6) is 0. The molecular formula is C13H18N2O3S. The third kappa shape index (κ3) is 2.48. The van der Waals surface area contributed by atoms with Crippen LogP contribution in [0.25, 0.3) is 0 Å². The average molecular weight is 282 g/mol. The Bertz CT molecular complexity index is 586. The molecule has 0 bridgehead atoms. The molecule has 2 aliphatic rings. The summed E-state index contributed by atoms with van der Waals surface area (Å²) in [5, 5.41) is 3.20. The zero-order valence-corrected chi connectivity index (χ0v) is 11.7. The molecule has 2 aliphatic heterocycles. The van der Waals surface area contributed by atoms with Crippen molar-refractivity contribution >= 4 is 15.7 Å². The predicted molar refractivity (Wildman–Crippen MR) is 72.8 cm³/mol. The van der Waals surface area contributed by atoms with Crippen LogP contribution in [-0.4, -0.2) is 33.7 Å². The van der Waals surface area contributed by atoms with Crippen molar-refractivity contribution in [2.24, 2.45) is 0 Å². The maximum absolute atomic E-state index is 12.3. The lowest BCUT2D eigenvalue weighted by molar-refractivity contribution is 0.117. The van der Waals surface area contributed by atoms with E-state index in [1.165, 1.54) is 5.56 Å². The van der Waals surface area contributed by atoms with Gasteiger partial charge in [0, 0.05) is 18.8 Å². The second-order valence-electron chi connectivity index (χ2n) is 5.09. The van der Waals surface area contributed by atoms with Gasteiger partial charge in [-0.2, -0.15) is 0 Å². The summed E-state index contributed by atoms with van der Waals surface area (Å²) in [4.78, 5) is 0.319. The van der Waals surface area contributed by atoms with Crippen molar-refractivity contribution in [1.82, 2.24) is 4.72 Å². The molecule has 5 nitrogen and oxygen atoms in total. The average Bonchev–Trinajstić information content (AvgIpc) is 2.97. The first-order valence-electron chi connectivity index (χ1n) is 6.57. The zero-order chi connectivity index (χ0) is 13.5. The van der Waals surface area contributed by atoms with Gasteiger partial charge in [-0.05, 0) is 37.5 Å². The third-order valence-electron chi connectivity index (χ3n) is 3.78. The highest BCUT2D eigenvalue weighted by Crippen LogP contribution is 2.26. The minimum atomic E-state index is -3.47. The Balaban J connectivity index is 1.84. The van der Waals surface area contributed by atoms with Crippen molar-refractivity contribution in [2.45, 2.75) is 36.8 Å². The van der Waals surface area contributed by atoms with Crippen molar-refractivity contribution in [2.75, 3.05) is 18.5 Å². The van der Waals surface area contributed by atoms with Gasteiger partial charge in [0.15, 0.2) is 0 Å². The minimum absolute atomic E-state index is 0.0673. The lowest BCUT2D eigenvalue weighted by Gasteiger charge is -2.16. The largest absolute Gasteiger partial charge is 0.384 e. The van der Waals surface area contributed by atoms with Gasteiger partial charge in [0.05, 0.1) is 17.0 Å². The van der Waals surface area contributed by atoms with E-state index >= 15 is 0 Å². The van der Waals surface area contributed by atoms with Crippen LogP contribution in [-0.2, 0) is 21.2 Å². The van der Waals surface area contributed by atoms with Gasteiger partial charge in [0.25, 0.3) is 0 Å². The fraction of sp³-hybridized carbons (Fsp3) is 0.538. The van der Waals surface area contributed by atoms with E-state index in [1.807, 2.05) is 13.0 Å². The fourth-order valence-corrected chi connectivity index (χ4v) is 3.96. The number of ether oxygens (including phenoxy) is 1. The van der Waals surface area contributed by atoms with Crippen LogP contribution in [0.5, 0.6) is 0 Å². The predicted octanol–water partition coefficient (Wildman–Crippen LogP) is 1.11. The van der Waals surface area contributed by atoms with E-state index in [1.54, 1.807) is 12.1 Å². The summed E-state index contributed by atoms with van der Waals surface area (Å²) >= 11 is 0. The van der Waals surface area contributed by atoms with Crippen LogP contribution in [0.2, 0.25) is 0 Å². The van der Waals surface area contributed by atoms with Gasteiger partial charge in [0.2, 0.25) is 10.0 Å². The van der Waals surface area contributed by atoms with Gasteiger partial charge in [-0.3, -0.25) is 0 Å². The van der Waals surface area contributed by atoms with Crippen LogP contribution in [0.4, 0.5) is 5.69 Å². The fourth-order valence-electron chi connectivity index (χ4n) is 2.59. The Morgan fingerprint density at radius 2 is 2.26 bits per heavy atom. The lowest BCUT2D eigenvalue weighted by Crippen LogP contribution is -2.39. The Morgan fingerprint density at radius 1 is 1.42 bits per heavy atom. The molecule has 3 rings (SSSR count). The highest BCUT2D eigenvalue weighted by molar-refractivity contribution is 7.89. The van der Waals surface area contributed by atoms with E-state index in [4.69, 9.17) is 4.74 Å². The number of nitrogens with one attached hydrogen (secondary N) is 2. The normalized spacial score (nSPS) is 26.2. The quantitative estimate of drug-likeness (QED) is 0.871. The first-order valence-corrected chi connectivity index (χ1v) is 8.05. The second-order valence-corrected chi connectivity index (χ2v) is 6.80. The van der Waals surface area contributed by atoms with Gasteiger partial charge in [0.1, 0.15) is 0 Å². The van der Waals surface area contributed by atoms with Crippen LogP contribution in [0.1, 0.15) is 18.9 Å². The molecule has 0 saturated carbocycles. The molecule has 19 heavy (non-hydrogen) atoms. The molecule has 1 aromatic rings. The SMILES string of the molecule is CC1OCCC1NS(=O)(=O)c1ccc2c(c1)NCC2. The Hall–Kier alpha value is -1.11. The molecule has 2 heterocycles. The smallest absolute Gasteiger partial charge is 0.240 e. The van der Waals surface area contributed by atoms with Gasteiger partial charge in [-0.25, -0.2) is 13.1 Å². The van der Waals surface area contributed by atoms with Crippen molar-refractivity contribution in [3.8, 4) is 0 Å². The number of rotatable bonds is 3. The number of anilines is 1. The van der Waals surface area contributed by atoms with E-state index in [9.17, 15) is 8.42 Å². The maximum Gasteiger partial charge on any atom is 0.240 e. The van der Waals surface area contributed by atoms with Crippen LogP contribution < -0.4 is 10.0 Å². The number of benzene rings is 1. The summed E-state index contributed by atoms with van der Waals surface area (Å²) < 4.78 is 32.8. The summed E-state index contributed by atoms with van der Waals surface area (Å²) in [6.07, 6.45) is 1.61. The lowest BCUT2D eigenvalue weighted by atomic mass is 10.2. The third-order valence-corrected chi connectivity index (χ3v) is 5.27. The summed E-state index contributed by atoms with van der Waals surface area (Å²) in [5.41, 5.74) is 2.11. The first-order chi connectivity index (χ1) is 9.06. The van der Waals surface area contributed by atoms with E-state index in [-0.39, 0.29) is 12.1 Å². The molecular weight excluding hydrogens is 264 g/mol. The van der Waals surface area contributed by atoms with Crippen LogP contribution in [0.3, 0.4) is 0 Å². The molecule has 1 saturated heterocycles. The van der Waals surface area contributed by atoms with Gasteiger partial charge in [-0.1, -0.05) is 6.07 Å². The first kappa shape index (κ1) is 12.9. The van der Waals surface area contributed by atoms with Crippen LogP contribution >= 0.6 is 0 Å². The minimum Gasteiger partial charge on any atom is -0.384 e. The standard InChI is InChI=1S/C13H18N2O3S/c1-9-12(5-7-18-9)15-19(16,17)11-3-2-10-4-6-14-13(10)8-11/h2-3,8-9,12,14-15H,4-7H2,1H3. The molecule has 0 aromatic heterocycles. The van der Waals surface area contributed by atoms with Gasteiger partial charge in [-0.15, -0.1) is 0 Å². The van der Waals surface area contributed by atoms with E-state index in [0.29, 0.717) is 11.5 Å². The molecule has 0 spiro atoms. The van der Waals surface area contributed by atoms with Crippen molar-refractivity contribution in [1.29, 1.82) is 0 Å². The van der Waals surface area contributed by atoms with Gasteiger partial charge >= 0.3 is 0 Å². The molecule has 0 amide bonds. The molecule has 104 valence electrons. The summed E-state index contributed by atoms with van der Waals surface area (Å²) in [7, 11) is -3.47. The summed E-state index contributed by atoms with van der Waals surface area (Å²) in [6, 6.07) is 5.14. The maximum atomic E-state index is 12.3. The molecule has 1 fully saturated rings. The Morgan fingerprint density at radius 3 is 3.00 bits per heavy atom. The molecule has 2 unspecified atom stereocenters. The molecule has 2 N–H and O–H groups in total. The van der Waals surface area contributed by atoms with Crippen LogP contribution in [0.15, 0.2) is 23.1 Å². The van der Waals surface area contributed by atoms with E-state index < -0.39 is 10.0 Å². The van der Waals surface area contributed by atoms with Crippen molar-refractivity contribution in [3.05, 3.63) is 23.8 Å².